The molecule has 1 heterocycles. The minimum atomic E-state index is -2.32. The van der Waals surface area contributed by atoms with Crippen molar-refractivity contribution in [2.24, 2.45) is 0 Å². The van der Waals surface area contributed by atoms with Crippen molar-refractivity contribution in [3.05, 3.63) is 54.1 Å². The van der Waals surface area contributed by atoms with Crippen molar-refractivity contribution in [3.63, 3.8) is 0 Å². The Balaban J connectivity index is 1.70. The zero-order valence-electron chi connectivity index (χ0n) is 24.4. The highest BCUT2D eigenvalue weighted by Gasteiger charge is 2.55. The van der Waals surface area contributed by atoms with Crippen molar-refractivity contribution >= 4 is 29.5 Å². The number of carbonyl (C=O) groups is 3. The van der Waals surface area contributed by atoms with Crippen molar-refractivity contribution in [2.75, 3.05) is 31.8 Å². The third-order valence-electron chi connectivity index (χ3n) is 7.01. The summed E-state index contributed by atoms with van der Waals surface area (Å²) in [7, 11) is 1.57. The summed E-state index contributed by atoms with van der Waals surface area (Å²) in [5, 5.41) is 47.6. The second kappa shape index (κ2) is 16.0. The fraction of sp³-hybridized carbons (Fsp3) is 0.500. The predicted molar refractivity (Wildman–Crippen MR) is 160 cm³/mol. The zero-order chi connectivity index (χ0) is 31.6. The van der Waals surface area contributed by atoms with Gasteiger partial charge < -0.3 is 45.3 Å². The van der Waals surface area contributed by atoms with E-state index in [1.807, 2.05) is 31.2 Å². The molecule has 1 unspecified atom stereocenters. The molecule has 12 nitrogen and oxygen atoms in total. The number of carbonyl (C=O) groups excluding carboxylic acids is 2. The summed E-state index contributed by atoms with van der Waals surface area (Å²) in [6.45, 7) is 2.75. The Labute approximate surface area is 254 Å². The number of hydrogen-bond acceptors (Lipinski definition) is 10. The molecule has 43 heavy (non-hydrogen) atoms. The molecule has 1 aliphatic heterocycles. The van der Waals surface area contributed by atoms with Crippen LogP contribution in [0, 0.1) is 0 Å². The van der Waals surface area contributed by atoms with E-state index in [2.05, 4.69) is 10.6 Å². The van der Waals surface area contributed by atoms with Crippen LogP contribution in [0.2, 0.25) is 0 Å². The molecule has 1 saturated heterocycles. The highest BCUT2D eigenvalue weighted by molar-refractivity contribution is 7.99. The van der Waals surface area contributed by atoms with Crippen LogP contribution in [-0.4, -0.2) is 106 Å². The maximum Gasteiger partial charge on any atom is 0.364 e. The number of aliphatic hydroxyl groups is 3. The molecule has 6 atom stereocenters. The molecular weight excluding hydrogens is 580 g/mol. The SMILES string of the molecule is CCSCCCO[C@]1(C(=O)O)CC(O)[C@@H](NC(C)=O)[C@H]([C@H](O)[C@H](O)CNC(=O)c2ccc(-c3ccccc3OC)cc2)O1. The molecule has 0 bridgehead atoms. The van der Waals surface area contributed by atoms with E-state index >= 15 is 0 Å². The summed E-state index contributed by atoms with van der Waals surface area (Å²) < 4.78 is 16.7. The highest BCUT2D eigenvalue weighted by Crippen LogP contribution is 2.34. The Morgan fingerprint density at radius 1 is 1.14 bits per heavy atom. The molecule has 2 amide bonds. The van der Waals surface area contributed by atoms with Crippen LogP contribution in [0.3, 0.4) is 0 Å². The molecule has 0 saturated carbocycles. The summed E-state index contributed by atoms with van der Waals surface area (Å²) in [5.41, 5.74) is 1.97. The van der Waals surface area contributed by atoms with Crippen molar-refractivity contribution in [1.82, 2.24) is 10.6 Å². The number of rotatable bonds is 15. The summed E-state index contributed by atoms with van der Waals surface area (Å²) in [4.78, 5) is 36.9. The lowest BCUT2D eigenvalue weighted by Gasteiger charge is -2.46. The van der Waals surface area contributed by atoms with E-state index in [1.54, 1.807) is 43.1 Å². The minimum absolute atomic E-state index is 0.00803. The maximum absolute atomic E-state index is 12.8. The van der Waals surface area contributed by atoms with Gasteiger partial charge in [-0.15, -0.1) is 0 Å². The Hall–Kier alpha value is -3.20. The van der Waals surface area contributed by atoms with Crippen molar-refractivity contribution in [2.45, 2.75) is 62.9 Å². The van der Waals surface area contributed by atoms with E-state index in [0.29, 0.717) is 17.7 Å². The van der Waals surface area contributed by atoms with Crippen LogP contribution in [0.25, 0.3) is 11.1 Å². The quantitative estimate of drug-likeness (QED) is 0.158. The molecule has 6 N–H and O–H groups in total. The zero-order valence-corrected chi connectivity index (χ0v) is 25.2. The van der Waals surface area contributed by atoms with Gasteiger partial charge in [0, 0.05) is 31.0 Å². The number of aliphatic carboxylic acids is 1. The van der Waals surface area contributed by atoms with Crippen molar-refractivity contribution in [1.29, 1.82) is 0 Å². The molecule has 236 valence electrons. The van der Waals surface area contributed by atoms with E-state index in [4.69, 9.17) is 14.2 Å². The van der Waals surface area contributed by atoms with Gasteiger partial charge in [0.05, 0.1) is 32.0 Å². The lowest BCUT2D eigenvalue weighted by atomic mass is 9.88. The third-order valence-corrected chi connectivity index (χ3v) is 7.99. The topological polar surface area (TPSA) is 184 Å². The summed E-state index contributed by atoms with van der Waals surface area (Å²) in [5.74, 6) is -2.66. The van der Waals surface area contributed by atoms with Gasteiger partial charge in [0.2, 0.25) is 5.91 Å². The smallest absolute Gasteiger partial charge is 0.364 e. The van der Waals surface area contributed by atoms with Crippen LogP contribution < -0.4 is 15.4 Å². The average Bonchev–Trinajstić information content (AvgIpc) is 3.00. The predicted octanol–water partition coefficient (Wildman–Crippen LogP) is 1.41. The first-order chi connectivity index (χ1) is 20.5. The number of hydrogen-bond donors (Lipinski definition) is 6. The van der Waals surface area contributed by atoms with Crippen LogP contribution in [0.15, 0.2) is 48.5 Å². The summed E-state index contributed by atoms with van der Waals surface area (Å²) in [6, 6.07) is 12.9. The van der Waals surface area contributed by atoms with E-state index in [0.717, 1.165) is 22.6 Å². The molecule has 0 aromatic heterocycles. The fourth-order valence-corrected chi connectivity index (χ4v) is 5.43. The van der Waals surface area contributed by atoms with Crippen LogP contribution in [-0.2, 0) is 19.1 Å². The molecule has 1 aliphatic rings. The van der Waals surface area contributed by atoms with E-state index < -0.39 is 67.0 Å². The highest BCUT2D eigenvalue weighted by atomic mass is 32.2. The number of thioether (sulfide) groups is 1. The number of benzene rings is 2. The van der Waals surface area contributed by atoms with Crippen LogP contribution >= 0.6 is 11.8 Å². The van der Waals surface area contributed by atoms with Gasteiger partial charge in [-0.3, -0.25) is 9.59 Å². The molecule has 1 fully saturated rings. The van der Waals surface area contributed by atoms with Gasteiger partial charge in [-0.05, 0) is 41.7 Å². The maximum atomic E-state index is 12.8. The van der Waals surface area contributed by atoms with Gasteiger partial charge in [-0.2, -0.15) is 11.8 Å². The van der Waals surface area contributed by atoms with Gasteiger partial charge in [0.15, 0.2) is 0 Å². The number of ether oxygens (including phenoxy) is 3. The van der Waals surface area contributed by atoms with Crippen molar-refractivity contribution in [3.8, 4) is 16.9 Å². The number of methoxy groups -OCH3 is 1. The largest absolute Gasteiger partial charge is 0.496 e. The molecule has 2 aromatic rings. The normalized spacial score (nSPS) is 23.2. The summed E-state index contributed by atoms with van der Waals surface area (Å²) in [6.07, 6.45) is -6.55. The number of aliphatic hydroxyl groups excluding tert-OH is 3. The second-order valence-corrected chi connectivity index (χ2v) is 11.5. The van der Waals surface area contributed by atoms with Crippen molar-refractivity contribution < 1.29 is 49.0 Å². The number of carboxylic acids is 1. The first-order valence-corrected chi connectivity index (χ1v) is 15.1. The van der Waals surface area contributed by atoms with Crippen LogP contribution in [0.5, 0.6) is 5.75 Å². The Morgan fingerprint density at radius 3 is 2.47 bits per heavy atom. The first-order valence-electron chi connectivity index (χ1n) is 14.0. The molecular formula is C30H40N2O10S. The lowest BCUT2D eigenvalue weighted by Crippen LogP contribution is -2.68. The Kier molecular flexibility index (Phi) is 12.8. The third kappa shape index (κ3) is 8.91. The second-order valence-electron chi connectivity index (χ2n) is 10.1. The first kappa shape index (κ1) is 34.3. The van der Waals surface area contributed by atoms with Crippen LogP contribution in [0.4, 0.5) is 0 Å². The van der Waals surface area contributed by atoms with Gasteiger partial charge in [0.25, 0.3) is 11.7 Å². The summed E-state index contributed by atoms with van der Waals surface area (Å²) >= 11 is 1.65. The number of para-hydroxylation sites is 1. The molecule has 0 spiro atoms. The lowest BCUT2D eigenvalue weighted by molar-refractivity contribution is -0.310. The van der Waals surface area contributed by atoms with Gasteiger partial charge >= 0.3 is 5.97 Å². The molecule has 13 heteroatoms. The standard InChI is InChI=1S/C30H40N2O10S/c1-4-43-15-7-14-41-30(29(38)39)16-22(34)25(32-18(2)33)27(42-30)26(36)23(35)17-31-28(37)20-12-10-19(11-13-20)21-8-5-6-9-24(21)40-3/h5-6,8-13,22-23,25-27,34-36H,4,7,14-17H2,1-3H3,(H,31,37)(H,32,33)(H,38,39)/t22?,23-,25-,26-,27-,30-/m1/s1. The average molecular weight is 621 g/mol. The monoisotopic (exact) mass is 620 g/mol. The molecule has 0 aliphatic carbocycles. The van der Waals surface area contributed by atoms with Gasteiger partial charge in [0.1, 0.15) is 18.0 Å². The van der Waals surface area contributed by atoms with E-state index in [9.17, 15) is 34.8 Å². The fourth-order valence-electron chi connectivity index (χ4n) is 4.82. The van der Waals surface area contributed by atoms with E-state index in [1.165, 1.54) is 6.92 Å². The molecule has 3 rings (SSSR count). The number of carboxylic acid groups (broad SMARTS) is 1. The van der Waals surface area contributed by atoms with Gasteiger partial charge in [-0.1, -0.05) is 37.3 Å². The molecule has 0 radical (unpaired) electrons. The Morgan fingerprint density at radius 2 is 1.84 bits per heavy atom. The number of amides is 2. The Bertz CT molecular complexity index is 1230. The minimum Gasteiger partial charge on any atom is -0.496 e. The van der Waals surface area contributed by atoms with E-state index in [-0.39, 0.29) is 6.61 Å². The van der Waals surface area contributed by atoms with Crippen LogP contribution in [0.1, 0.15) is 37.0 Å². The number of nitrogens with one attached hydrogen (secondary N) is 2. The van der Waals surface area contributed by atoms with Gasteiger partial charge in [-0.25, -0.2) is 4.79 Å². The molecule has 2 aromatic carbocycles.